The normalized spacial score (nSPS) is 10.2. The van der Waals surface area contributed by atoms with Crippen LogP contribution in [0, 0.1) is 0 Å². The quantitative estimate of drug-likeness (QED) is 0.796. The van der Waals surface area contributed by atoms with Crippen molar-refractivity contribution in [2.75, 3.05) is 31.3 Å². The molecule has 0 saturated heterocycles. The van der Waals surface area contributed by atoms with Gasteiger partial charge >= 0.3 is 0 Å². The minimum absolute atomic E-state index is 0.0835. The van der Waals surface area contributed by atoms with Crippen molar-refractivity contribution in [2.45, 2.75) is 12.8 Å². The number of amides is 2. The van der Waals surface area contributed by atoms with E-state index in [2.05, 4.69) is 10.6 Å². The van der Waals surface area contributed by atoms with Crippen LogP contribution in [0.2, 0.25) is 5.02 Å². The van der Waals surface area contributed by atoms with Gasteiger partial charge < -0.3 is 15.5 Å². The standard InChI is InChI=1S/C19H22ClN3O2/c1-23(2)19(25)10-9-14-5-3-8-17(11-14)22-18(24)13-21-16-7-4-6-15(20)12-16/h3-8,11-12,21H,9-10,13H2,1-2H3,(H,22,24). The topological polar surface area (TPSA) is 61.4 Å². The van der Waals surface area contributed by atoms with E-state index in [1.165, 1.54) is 0 Å². The van der Waals surface area contributed by atoms with E-state index in [0.29, 0.717) is 23.6 Å². The molecule has 0 radical (unpaired) electrons. The Morgan fingerprint density at radius 1 is 1.04 bits per heavy atom. The van der Waals surface area contributed by atoms with E-state index in [1.807, 2.05) is 36.4 Å². The van der Waals surface area contributed by atoms with Crippen LogP contribution in [0.3, 0.4) is 0 Å². The molecule has 2 N–H and O–H groups in total. The van der Waals surface area contributed by atoms with Gasteiger partial charge in [0.1, 0.15) is 0 Å². The molecule has 0 bridgehead atoms. The fourth-order valence-corrected chi connectivity index (χ4v) is 2.46. The van der Waals surface area contributed by atoms with Gasteiger partial charge in [-0.3, -0.25) is 9.59 Å². The van der Waals surface area contributed by atoms with Crippen LogP contribution in [0.25, 0.3) is 0 Å². The summed E-state index contributed by atoms with van der Waals surface area (Å²) < 4.78 is 0. The highest BCUT2D eigenvalue weighted by Crippen LogP contribution is 2.15. The van der Waals surface area contributed by atoms with Gasteiger partial charge in [0.15, 0.2) is 0 Å². The van der Waals surface area contributed by atoms with Crippen LogP contribution in [-0.4, -0.2) is 37.4 Å². The van der Waals surface area contributed by atoms with Gasteiger partial charge in [0, 0.05) is 36.9 Å². The van der Waals surface area contributed by atoms with Crippen molar-refractivity contribution < 1.29 is 9.59 Å². The molecular formula is C19H22ClN3O2. The molecule has 0 aromatic heterocycles. The molecule has 0 unspecified atom stereocenters. The first-order valence-corrected chi connectivity index (χ1v) is 8.40. The molecule has 0 aliphatic carbocycles. The molecule has 0 aliphatic heterocycles. The lowest BCUT2D eigenvalue weighted by Gasteiger charge is -2.11. The maximum absolute atomic E-state index is 12.1. The molecule has 2 amide bonds. The van der Waals surface area contributed by atoms with E-state index >= 15 is 0 Å². The third-order valence-corrected chi connectivity index (χ3v) is 3.85. The minimum atomic E-state index is -0.151. The zero-order chi connectivity index (χ0) is 18.2. The number of hydrogen-bond acceptors (Lipinski definition) is 3. The summed E-state index contributed by atoms with van der Waals surface area (Å²) in [6.07, 6.45) is 1.09. The highest BCUT2D eigenvalue weighted by Gasteiger charge is 2.06. The zero-order valence-electron chi connectivity index (χ0n) is 14.4. The molecule has 0 saturated carbocycles. The number of hydrogen-bond donors (Lipinski definition) is 2. The Morgan fingerprint density at radius 3 is 2.48 bits per heavy atom. The average molecular weight is 360 g/mol. The molecule has 6 heteroatoms. The predicted molar refractivity (Wildman–Crippen MR) is 102 cm³/mol. The number of nitrogens with zero attached hydrogens (tertiary/aromatic N) is 1. The van der Waals surface area contributed by atoms with Crippen LogP contribution < -0.4 is 10.6 Å². The van der Waals surface area contributed by atoms with E-state index in [0.717, 1.165) is 11.3 Å². The van der Waals surface area contributed by atoms with Crippen LogP contribution in [0.1, 0.15) is 12.0 Å². The summed E-state index contributed by atoms with van der Waals surface area (Å²) >= 11 is 5.91. The largest absolute Gasteiger partial charge is 0.376 e. The summed E-state index contributed by atoms with van der Waals surface area (Å²) in [7, 11) is 3.48. The molecule has 0 spiro atoms. The van der Waals surface area contributed by atoms with Gasteiger partial charge in [0.25, 0.3) is 0 Å². The van der Waals surface area contributed by atoms with Gasteiger partial charge in [-0.15, -0.1) is 0 Å². The van der Waals surface area contributed by atoms with Gasteiger partial charge in [-0.2, -0.15) is 0 Å². The minimum Gasteiger partial charge on any atom is -0.376 e. The fraction of sp³-hybridized carbons (Fsp3) is 0.263. The fourth-order valence-electron chi connectivity index (χ4n) is 2.27. The van der Waals surface area contributed by atoms with Crippen molar-refractivity contribution in [1.82, 2.24) is 4.90 Å². The van der Waals surface area contributed by atoms with Gasteiger partial charge in [-0.05, 0) is 42.3 Å². The number of nitrogens with one attached hydrogen (secondary N) is 2. The van der Waals surface area contributed by atoms with Crippen LogP contribution >= 0.6 is 11.6 Å². The second-order valence-corrected chi connectivity index (χ2v) is 6.34. The number of carbonyl (C=O) groups excluding carboxylic acids is 2. The molecule has 132 valence electrons. The summed E-state index contributed by atoms with van der Waals surface area (Å²) in [5.74, 6) is -0.0679. The van der Waals surface area contributed by atoms with Crippen LogP contribution in [0.15, 0.2) is 48.5 Å². The van der Waals surface area contributed by atoms with E-state index in [9.17, 15) is 9.59 Å². The van der Waals surface area contributed by atoms with Gasteiger partial charge in [0.2, 0.25) is 11.8 Å². The lowest BCUT2D eigenvalue weighted by molar-refractivity contribution is -0.128. The Kier molecular flexibility index (Phi) is 6.83. The van der Waals surface area contributed by atoms with Crippen molar-refractivity contribution in [3.05, 3.63) is 59.1 Å². The maximum atomic E-state index is 12.1. The molecule has 5 nitrogen and oxygen atoms in total. The third kappa shape index (κ3) is 6.47. The Balaban J connectivity index is 1.86. The van der Waals surface area contributed by atoms with Crippen molar-refractivity contribution >= 4 is 34.8 Å². The summed E-state index contributed by atoms with van der Waals surface area (Å²) in [6, 6.07) is 14.7. The molecule has 0 fully saturated rings. The van der Waals surface area contributed by atoms with E-state index in [-0.39, 0.29) is 18.4 Å². The molecule has 2 aromatic carbocycles. The first kappa shape index (κ1) is 18.8. The van der Waals surface area contributed by atoms with Gasteiger partial charge in [-0.1, -0.05) is 29.8 Å². The van der Waals surface area contributed by atoms with Crippen molar-refractivity contribution in [2.24, 2.45) is 0 Å². The average Bonchev–Trinajstić information content (AvgIpc) is 2.58. The Labute approximate surface area is 153 Å². The number of halogens is 1. The SMILES string of the molecule is CN(C)C(=O)CCc1cccc(NC(=O)CNc2cccc(Cl)c2)c1. The van der Waals surface area contributed by atoms with Crippen molar-refractivity contribution in [3.8, 4) is 0 Å². The first-order valence-electron chi connectivity index (χ1n) is 8.02. The predicted octanol–water partition coefficient (Wildman–Crippen LogP) is 3.41. The van der Waals surface area contributed by atoms with Crippen LogP contribution in [0.5, 0.6) is 0 Å². The molecule has 0 heterocycles. The second kappa shape index (κ2) is 9.08. The van der Waals surface area contributed by atoms with E-state index in [4.69, 9.17) is 11.6 Å². The van der Waals surface area contributed by atoms with Crippen LogP contribution in [0.4, 0.5) is 11.4 Å². The Bertz CT molecular complexity index is 747. The number of benzene rings is 2. The van der Waals surface area contributed by atoms with Crippen molar-refractivity contribution in [3.63, 3.8) is 0 Å². The van der Waals surface area contributed by atoms with Gasteiger partial charge in [-0.25, -0.2) is 0 Å². The summed E-state index contributed by atoms with van der Waals surface area (Å²) in [5, 5.41) is 6.49. The number of carbonyl (C=O) groups is 2. The molecular weight excluding hydrogens is 338 g/mol. The number of anilines is 2. The van der Waals surface area contributed by atoms with Crippen molar-refractivity contribution in [1.29, 1.82) is 0 Å². The molecule has 25 heavy (non-hydrogen) atoms. The van der Waals surface area contributed by atoms with E-state index in [1.54, 1.807) is 31.1 Å². The Morgan fingerprint density at radius 2 is 1.76 bits per heavy atom. The summed E-state index contributed by atoms with van der Waals surface area (Å²) in [6.45, 7) is 0.143. The smallest absolute Gasteiger partial charge is 0.243 e. The molecule has 0 atom stereocenters. The molecule has 0 aliphatic rings. The lowest BCUT2D eigenvalue weighted by atomic mass is 10.1. The zero-order valence-corrected chi connectivity index (χ0v) is 15.1. The highest BCUT2D eigenvalue weighted by molar-refractivity contribution is 6.30. The first-order chi connectivity index (χ1) is 11.9. The monoisotopic (exact) mass is 359 g/mol. The molecule has 2 rings (SSSR count). The second-order valence-electron chi connectivity index (χ2n) is 5.90. The number of aryl methyl sites for hydroxylation is 1. The Hall–Kier alpha value is -2.53. The van der Waals surface area contributed by atoms with Crippen LogP contribution in [-0.2, 0) is 16.0 Å². The third-order valence-electron chi connectivity index (χ3n) is 3.61. The highest BCUT2D eigenvalue weighted by atomic mass is 35.5. The maximum Gasteiger partial charge on any atom is 0.243 e. The van der Waals surface area contributed by atoms with Gasteiger partial charge in [0.05, 0.1) is 6.54 Å². The lowest BCUT2D eigenvalue weighted by Crippen LogP contribution is -2.22. The number of rotatable bonds is 7. The summed E-state index contributed by atoms with van der Waals surface area (Å²) in [5.41, 5.74) is 2.52. The molecule has 2 aromatic rings. The van der Waals surface area contributed by atoms with E-state index < -0.39 is 0 Å². The summed E-state index contributed by atoms with van der Waals surface area (Å²) in [4.78, 5) is 25.3.